The smallest absolute Gasteiger partial charge is 0.374 e. The fraction of sp³-hybridized carbons (Fsp3) is 0.812. The van der Waals surface area contributed by atoms with Crippen molar-refractivity contribution in [3.8, 4) is 0 Å². The van der Waals surface area contributed by atoms with Gasteiger partial charge in [-0.3, -0.25) is 4.79 Å². The third kappa shape index (κ3) is 5.66. The summed E-state index contributed by atoms with van der Waals surface area (Å²) in [5, 5.41) is 0. The summed E-state index contributed by atoms with van der Waals surface area (Å²) < 4.78 is 17.7. The molecule has 0 amide bonds. The number of carbonyl (C=O) groups excluding carboxylic acids is 1. The van der Waals surface area contributed by atoms with Gasteiger partial charge in [-0.2, -0.15) is 0 Å². The topological polar surface area (TPSA) is 44.8 Å². The number of Topliss-reactive ketones (excluding diaryl/α,β-unsaturated/α-hetero) is 1. The summed E-state index contributed by atoms with van der Waals surface area (Å²) in [4.78, 5) is 11.8. The number of rotatable bonds is 10. The number of hydrogen-bond donors (Lipinski definition) is 0. The number of carbonyl (C=O) groups is 1. The van der Waals surface area contributed by atoms with E-state index in [-0.39, 0.29) is 5.78 Å². The third-order valence-electron chi connectivity index (χ3n) is 3.83. The molecule has 0 atom stereocenters. The molecule has 0 aromatic heterocycles. The molecule has 1 aliphatic rings. The third-order valence-corrected chi connectivity index (χ3v) is 6.88. The van der Waals surface area contributed by atoms with Crippen LogP contribution < -0.4 is 0 Å². The lowest BCUT2D eigenvalue weighted by Gasteiger charge is -2.29. The quantitative estimate of drug-likeness (QED) is 0.574. The minimum absolute atomic E-state index is 0.223. The van der Waals surface area contributed by atoms with Crippen LogP contribution in [0.1, 0.15) is 59.8 Å². The van der Waals surface area contributed by atoms with Gasteiger partial charge in [-0.25, -0.2) is 0 Å². The largest absolute Gasteiger partial charge is 0.501 e. The Morgan fingerprint density at radius 1 is 1.00 bits per heavy atom. The van der Waals surface area contributed by atoms with Crippen LogP contribution in [0.4, 0.5) is 0 Å². The van der Waals surface area contributed by atoms with E-state index in [1.54, 1.807) is 6.92 Å². The van der Waals surface area contributed by atoms with E-state index in [9.17, 15) is 4.79 Å². The monoisotopic (exact) mass is 314 g/mol. The Balaban J connectivity index is 2.80. The lowest BCUT2D eigenvalue weighted by atomic mass is 9.88. The van der Waals surface area contributed by atoms with Crippen LogP contribution in [0.5, 0.6) is 0 Å². The normalized spacial score (nSPS) is 16.4. The summed E-state index contributed by atoms with van der Waals surface area (Å²) in [6.45, 7) is 9.40. The van der Waals surface area contributed by atoms with Crippen molar-refractivity contribution < 1.29 is 18.1 Å². The first-order valence-electron chi connectivity index (χ1n) is 8.22. The second-order valence-electron chi connectivity index (χ2n) is 5.33. The van der Waals surface area contributed by atoms with Crippen molar-refractivity contribution in [3.05, 3.63) is 11.1 Å². The SMILES string of the molecule is CCO[Si](CCC1=C(C(C)=O)CCCC1)(OCC)OCC. The minimum atomic E-state index is -2.59. The molecule has 0 radical (unpaired) electrons. The van der Waals surface area contributed by atoms with Gasteiger partial charge in [-0.15, -0.1) is 0 Å². The van der Waals surface area contributed by atoms with Crippen molar-refractivity contribution in [1.29, 1.82) is 0 Å². The highest BCUT2D eigenvalue weighted by Gasteiger charge is 2.40. The summed E-state index contributed by atoms with van der Waals surface area (Å²) in [6.07, 6.45) is 5.13. The fourth-order valence-corrected chi connectivity index (χ4v) is 5.58. The summed E-state index contributed by atoms with van der Waals surface area (Å²) >= 11 is 0. The molecule has 1 aliphatic carbocycles. The second kappa shape index (κ2) is 9.51. The predicted molar refractivity (Wildman–Crippen MR) is 86.2 cm³/mol. The molecule has 5 heteroatoms. The van der Waals surface area contributed by atoms with Gasteiger partial charge in [0.05, 0.1) is 0 Å². The standard InChI is InChI=1S/C16H30O4Si/c1-5-18-21(19-6-2,20-7-3)13-12-15-10-8-9-11-16(15)14(4)17/h5-13H2,1-4H3. The Labute approximate surface area is 130 Å². The Hall–Kier alpha value is -0.493. The van der Waals surface area contributed by atoms with Gasteiger partial charge in [-0.05, 0) is 65.4 Å². The average molecular weight is 314 g/mol. The molecule has 0 unspecified atom stereocenters. The van der Waals surface area contributed by atoms with Gasteiger partial charge in [-0.1, -0.05) is 5.57 Å². The molecule has 1 rings (SSSR count). The molecule has 0 fully saturated rings. The number of ketones is 1. The molecule has 0 N–H and O–H groups in total. The van der Waals surface area contributed by atoms with Crippen molar-refractivity contribution >= 4 is 14.6 Å². The molecule has 0 aromatic carbocycles. The summed E-state index contributed by atoms with van der Waals surface area (Å²) in [5.41, 5.74) is 2.33. The molecule has 0 saturated heterocycles. The van der Waals surface area contributed by atoms with Gasteiger partial charge in [0.25, 0.3) is 0 Å². The molecular weight excluding hydrogens is 284 g/mol. The molecule has 0 spiro atoms. The molecule has 0 heterocycles. The van der Waals surface area contributed by atoms with Gasteiger partial charge >= 0.3 is 8.80 Å². The van der Waals surface area contributed by atoms with Gasteiger partial charge < -0.3 is 13.3 Å². The highest BCUT2D eigenvalue weighted by Crippen LogP contribution is 2.31. The second-order valence-corrected chi connectivity index (χ2v) is 8.06. The lowest BCUT2D eigenvalue weighted by Crippen LogP contribution is -2.46. The van der Waals surface area contributed by atoms with Crippen LogP contribution in [0, 0.1) is 0 Å². The van der Waals surface area contributed by atoms with Crippen LogP contribution in [0.2, 0.25) is 6.04 Å². The summed E-state index contributed by atoms with van der Waals surface area (Å²) in [5.74, 6) is 0.223. The van der Waals surface area contributed by atoms with E-state index in [1.165, 1.54) is 12.0 Å². The molecular formula is C16H30O4Si. The maximum atomic E-state index is 11.8. The van der Waals surface area contributed by atoms with Crippen molar-refractivity contribution in [1.82, 2.24) is 0 Å². The van der Waals surface area contributed by atoms with Crippen molar-refractivity contribution in [2.24, 2.45) is 0 Å². The zero-order chi connectivity index (χ0) is 15.7. The minimum Gasteiger partial charge on any atom is -0.374 e. The Morgan fingerprint density at radius 3 is 2.00 bits per heavy atom. The maximum Gasteiger partial charge on any atom is 0.501 e. The number of allylic oxidation sites excluding steroid dienone is 2. The molecule has 4 nitrogen and oxygen atoms in total. The predicted octanol–water partition coefficient (Wildman–Crippen LogP) is 3.88. The Kier molecular flexibility index (Phi) is 8.40. The number of hydrogen-bond acceptors (Lipinski definition) is 4. The van der Waals surface area contributed by atoms with E-state index in [4.69, 9.17) is 13.3 Å². The van der Waals surface area contributed by atoms with E-state index in [1.807, 2.05) is 20.8 Å². The van der Waals surface area contributed by atoms with Crippen molar-refractivity contribution in [3.63, 3.8) is 0 Å². The van der Waals surface area contributed by atoms with Crippen molar-refractivity contribution in [2.45, 2.75) is 65.8 Å². The molecule has 0 aromatic rings. The average Bonchev–Trinajstić information content (AvgIpc) is 2.46. The summed E-state index contributed by atoms with van der Waals surface area (Å²) in [6, 6.07) is 0.772. The van der Waals surface area contributed by atoms with Gasteiger partial charge in [0.2, 0.25) is 0 Å². The zero-order valence-electron chi connectivity index (χ0n) is 14.0. The lowest BCUT2D eigenvalue weighted by molar-refractivity contribution is -0.113. The van der Waals surface area contributed by atoms with Gasteiger partial charge in [0, 0.05) is 25.9 Å². The van der Waals surface area contributed by atoms with Crippen LogP contribution >= 0.6 is 0 Å². The zero-order valence-corrected chi connectivity index (χ0v) is 15.0. The molecule has 21 heavy (non-hydrogen) atoms. The van der Waals surface area contributed by atoms with E-state index >= 15 is 0 Å². The highest BCUT2D eigenvalue weighted by atomic mass is 28.4. The summed E-state index contributed by atoms with van der Waals surface area (Å²) in [7, 11) is -2.59. The van der Waals surface area contributed by atoms with Gasteiger partial charge in [0.15, 0.2) is 5.78 Å². The van der Waals surface area contributed by atoms with E-state index < -0.39 is 8.80 Å². The molecule has 0 saturated carbocycles. The van der Waals surface area contributed by atoms with Crippen LogP contribution in [0.15, 0.2) is 11.1 Å². The maximum absolute atomic E-state index is 11.8. The van der Waals surface area contributed by atoms with Crippen molar-refractivity contribution in [2.75, 3.05) is 19.8 Å². The van der Waals surface area contributed by atoms with Crippen LogP contribution in [0.3, 0.4) is 0 Å². The Bertz CT molecular complexity index is 348. The first kappa shape index (κ1) is 18.6. The first-order valence-corrected chi connectivity index (χ1v) is 10.1. The highest BCUT2D eigenvalue weighted by molar-refractivity contribution is 6.60. The Morgan fingerprint density at radius 2 is 1.52 bits per heavy atom. The first-order chi connectivity index (χ1) is 10.1. The van der Waals surface area contributed by atoms with Crippen LogP contribution in [-0.4, -0.2) is 34.4 Å². The molecule has 0 aliphatic heterocycles. The molecule has 122 valence electrons. The molecule has 0 bridgehead atoms. The van der Waals surface area contributed by atoms with E-state index in [0.29, 0.717) is 19.8 Å². The van der Waals surface area contributed by atoms with Crippen LogP contribution in [0.25, 0.3) is 0 Å². The van der Waals surface area contributed by atoms with E-state index in [0.717, 1.165) is 37.3 Å². The van der Waals surface area contributed by atoms with Crippen LogP contribution in [-0.2, 0) is 18.1 Å². The van der Waals surface area contributed by atoms with Gasteiger partial charge in [0.1, 0.15) is 0 Å². The fourth-order valence-electron chi connectivity index (χ4n) is 2.97. The van der Waals surface area contributed by atoms with E-state index in [2.05, 4.69) is 0 Å².